The zero-order chi connectivity index (χ0) is 13.8. The van der Waals surface area contributed by atoms with Crippen LogP contribution in [0.1, 0.15) is 5.56 Å². The van der Waals surface area contributed by atoms with Crippen molar-refractivity contribution >= 4 is 34.8 Å². The highest BCUT2D eigenvalue weighted by molar-refractivity contribution is 7.80. The van der Waals surface area contributed by atoms with Gasteiger partial charge in [-0.25, -0.2) is 4.79 Å². The number of hydrogen-bond acceptors (Lipinski definition) is 3. The molecule has 1 aliphatic rings. The smallest absolute Gasteiger partial charge is 0.317 e. The Balaban J connectivity index is 1.98. The lowest BCUT2D eigenvalue weighted by Crippen LogP contribution is -2.32. The number of hydrogen-bond donors (Lipinski definition) is 2. The molecule has 0 radical (unpaired) electrons. The molecule has 7 heteroatoms. The van der Waals surface area contributed by atoms with Gasteiger partial charge in [-0.15, -0.1) is 0 Å². The summed E-state index contributed by atoms with van der Waals surface area (Å²) < 4.78 is 5.62. The Labute approximate surface area is 121 Å². The van der Waals surface area contributed by atoms with Gasteiger partial charge < -0.3 is 20.7 Å². The molecule has 3 N–H and O–H groups in total. The molecule has 19 heavy (non-hydrogen) atoms. The molecule has 1 aromatic rings. The Hall–Kier alpha value is -1.53. The van der Waals surface area contributed by atoms with Crippen LogP contribution in [0.3, 0.4) is 0 Å². The number of nitrogens with zero attached hydrogens (tertiary/aromatic N) is 1. The Morgan fingerprint density at radius 3 is 3.00 bits per heavy atom. The summed E-state index contributed by atoms with van der Waals surface area (Å²) in [5.41, 5.74) is 6.16. The Morgan fingerprint density at radius 2 is 2.37 bits per heavy atom. The fraction of sp³-hybridized carbons (Fsp3) is 0.333. The van der Waals surface area contributed by atoms with E-state index in [1.54, 1.807) is 23.1 Å². The first-order valence-corrected chi connectivity index (χ1v) is 6.62. The minimum absolute atomic E-state index is 0.0655. The van der Waals surface area contributed by atoms with Crippen LogP contribution in [0.4, 0.5) is 4.79 Å². The maximum absolute atomic E-state index is 11.3. The Morgan fingerprint density at radius 1 is 1.58 bits per heavy atom. The van der Waals surface area contributed by atoms with Crippen molar-refractivity contribution in [3.63, 3.8) is 0 Å². The molecular weight excluding hydrogens is 286 g/mol. The number of urea groups is 1. The highest BCUT2D eigenvalue weighted by Crippen LogP contribution is 2.26. The van der Waals surface area contributed by atoms with Gasteiger partial charge in [0.05, 0.1) is 17.1 Å². The number of benzene rings is 1. The summed E-state index contributed by atoms with van der Waals surface area (Å²) in [5.74, 6) is 0.541. The van der Waals surface area contributed by atoms with E-state index in [4.69, 9.17) is 34.3 Å². The number of nitrogens with one attached hydrogen (secondary N) is 1. The fourth-order valence-corrected chi connectivity index (χ4v) is 2.39. The van der Waals surface area contributed by atoms with Gasteiger partial charge in [0, 0.05) is 13.1 Å². The van der Waals surface area contributed by atoms with Gasteiger partial charge in [-0.05, 0) is 12.1 Å². The number of rotatable bonds is 5. The molecule has 102 valence electrons. The maximum atomic E-state index is 11.3. The van der Waals surface area contributed by atoms with E-state index in [-0.39, 0.29) is 11.0 Å². The minimum atomic E-state index is -0.0655. The van der Waals surface area contributed by atoms with E-state index in [0.717, 1.165) is 0 Å². The number of amides is 2. The first kappa shape index (κ1) is 13.9. The standard InChI is InChI=1S/C12H14ClN3O2S/c13-8-2-1-3-9(10(8)11(14)19)18-7-6-16-5-4-15-12(16)17/h1-3H,4-7H2,(H2,14,19)(H,15,17). The van der Waals surface area contributed by atoms with Crippen LogP contribution in [0, 0.1) is 0 Å². The first-order chi connectivity index (χ1) is 9.09. The summed E-state index contributed by atoms with van der Waals surface area (Å²) in [7, 11) is 0. The summed E-state index contributed by atoms with van der Waals surface area (Å²) in [6, 6.07) is 5.16. The van der Waals surface area contributed by atoms with E-state index in [1.165, 1.54) is 0 Å². The second-order valence-electron chi connectivity index (χ2n) is 4.04. The van der Waals surface area contributed by atoms with Gasteiger partial charge in [-0.1, -0.05) is 29.9 Å². The topological polar surface area (TPSA) is 67.6 Å². The number of ether oxygens (including phenoxy) is 1. The van der Waals surface area contributed by atoms with Crippen molar-refractivity contribution in [3.05, 3.63) is 28.8 Å². The highest BCUT2D eigenvalue weighted by Gasteiger charge is 2.19. The summed E-state index contributed by atoms with van der Waals surface area (Å²) in [6.07, 6.45) is 0. The van der Waals surface area contributed by atoms with Gasteiger partial charge >= 0.3 is 6.03 Å². The molecule has 0 bridgehead atoms. The number of nitrogens with two attached hydrogens (primary N) is 1. The monoisotopic (exact) mass is 299 g/mol. The average Bonchev–Trinajstić information content (AvgIpc) is 2.75. The number of carbonyl (C=O) groups is 1. The predicted molar refractivity (Wildman–Crippen MR) is 77.8 cm³/mol. The molecule has 1 aliphatic heterocycles. The quantitative estimate of drug-likeness (QED) is 0.806. The average molecular weight is 300 g/mol. The lowest BCUT2D eigenvalue weighted by Gasteiger charge is -2.16. The number of halogens is 1. The van der Waals surface area contributed by atoms with Crippen molar-refractivity contribution < 1.29 is 9.53 Å². The van der Waals surface area contributed by atoms with Crippen molar-refractivity contribution in [3.8, 4) is 5.75 Å². The van der Waals surface area contributed by atoms with Crippen molar-refractivity contribution in [1.29, 1.82) is 0 Å². The van der Waals surface area contributed by atoms with E-state index in [2.05, 4.69) is 5.32 Å². The molecular formula is C12H14ClN3O2S. The molecule has 1 fully saturated rings. The third-order valence-electron chi connectivity index (χ3n) is 2.79. The minimum Gasteiger partial charge on any atom is -0.491 e. The van der Waals surface area contributed by atoms with Crippen LogP contribution in [0.2, 0.25) is 5.02 Å². The Bertz CT molecular complexity index is 510. The second kappa shape index (κ2) is 6.08. The predicted octanol–water partition coefficient (Wildman–Crippen LogP) is 1.38. The summed E-state index contributed by atoms with van der Waals surface area (Å²) >= 11 is 11.0. The van der Waals surface area contributed by atoms with Gasteiger partial charge in [-0.2, -0.15) is 0 Å². The van der Waals surface area contributed by atoms with Gasteiger partial charge in [0.25, 0.3) is 0 Å². The van der Waals surface area contributed by atoms with Crippen LogP contribution in [0.25, 0.3) is 0 Å². The molecule has 1 heterocycles. The molecule has 2 amide bonds. The number of thiocarbonyl (C=S) groups is 1. The number of carbonyl (C=O) groups excluding carboxylic acids is 1. The van der Waals surface area contributed by atoms with Crippen LogP contribution in [0.15, 0.2) is 18.2 Å². The Kier molecular flexibility index (Phi) is 4.44. The van der Waals surface area contributed by atoms with Gasteiger partial charge in [0.2, 0.25) is 0 Å². The molecule has 0 aromatic heterocycles. The molecule has 0 aliphatic carbocycles. The molecule has 0 saturated carbocycles. The van der Waals surface area contributed by atoms with E-state index < -0.39 is 0 Å². The van der Waals surface area contributed by atoms with E-state index in [1.807, 2.05) is 0 Å². The van der Waals surface area contributed by atoms with Crippen molar-refractivity contribution in [2.75, 3.05) is 26.2 Å². The lowest BCUT2D eigenvalue weighted by atomic mass is 10.2. The van der Waals surface area contributed by atoms with Crippen LogP contribution < -0.4 is 15.8 Å². The van der Waals surface area contributed by atoms with Gasteiger partial charge in [-0.3, -0.25) is 0 Å². The SMILES string of the molecule is NC(=S)c1c(Cl)cccc1OCCN1CCNC1=O. The van der Waals surface area contributed by atoms with Crippen LogP contribution in [-0.2, 0) is 0 Å². The van der Waals surface area contributed by atoms with E-state index >= 15 is 0 Å². The van der Waals surface area contributed by atoms with Crippen LogP contribution in [-0.4, -0.2) is 42.2 Å². The maximum Gasteiger partial charge on any atom is 0.317 e. The first-order valence-electron chi connectivity index (χ1n) is 5.83. The van der Waals surface area contributed by atoms with Gasteiger partial charge in [0.1, 0.15) is 17.3 Å². The normalized spacial score (nSPS) is 14.4. The third kappa shape index (κ3) is 3.27. The summed E-state index contributed by atoms with van der Waals surface area (Å²) in [5, 5.41) is 3.19. The van der Waals surface area contributed by atoms with Crippen molar-refractivity contribution in [2.24, 2.45) is 5.73 Å². The molecule has 0 atom stereocenters. The zero-order valence-electron chi connectivity index (χ0n) is 10.2. The lowest BCUT2D eigenvalue weighted by molar-refractivity contribution is 0.202. The molecule has 0 unspecified atom stereocenters. The second-order valence-corrected chi connectivity index (χ2v) is 4.89. The van der Waals surface area contributed by atoms with Gasteiger partial charge in [0.15, 0.2) is 0 Å². The zero-order valence-corrected chi connectivity index (χ0v) is 11.8. The van der Waals surface area contributed by atoms with Crippen LogP contribution in [0.5, 0.6) is 5.75 Å². The molecule has 2 rings (SSSR count). The van der Waals surface area contributed by atoms with E-state index in [9.17, 15) is 4.79 Å². The third-order valence-corrected chi connectivity index (χ3v) is 3.30. The molecule has 1 aromatic carbocycles. The summed E-state index contributed by atoms with van der Waals surface area (Å²) in [6.45, 7) is 2.24. The summed E-state index contributed by atoms with van der Waals surface area (Å²) in [4.78, 5) is 13.2. The highest BCUT2D eigenvalue weighted by atomic mass is 35.5. The van der Waals surface area contributed by atoms with Crippen LogP contribution >= 0.6 is 23.8 Å². The largest absolute Gasteiger partial charge is 0.491 e. The van der Waals surface area contributed by atoms with Crippen molar-refractivity contribution in [1.82, 2.24) is 10.2 Å². The fourth-order valence-electron chi connectivity index (χ4n) is 1.85. The van der Waals surface area contributed by atoms with E-state index in [0.29, 0.717) is 42.6 Å². The molecule has 0 spiro atoms. The molecule has 1 saturated heterocycles. The van der Waals surface area contributed by atoms with Crippen molar-refractivity contribution in [2.45, 2.75) is 0 Å². The molecule has 5 nitrogen and oxygen atoms in total.